The fourth-order valence-electron chi connectivity index (χ4n) is 4.28. The van der Waals surface area contributed by atoms with Gasteiger partial charge in [0.05, 0.1) is 0 Å². The molecule has 1 atom stereocenters. The van der Waals surface area contributed by atoms with Crippen LogP contribution in [0.4, 0.5) is 0 Å². The van der Waals surface area contributed by atoms with Gasteiger partial charge in [0.1, 0.15) is 0 Å². The molecule has 2 heteroatoms. The Morgan fingerprint density at radius 1 is 0.750 bits per heavy atom. The topological polar surface area (TPSA) is 0 Å². The van der Waals surface area contributed by atoms with Gasteiger partial charge in [-0.1, -0.05) is 106 Å². The van der Waals surface area contributed by atoms with Crippen LogP contribution < -0.4 is 10.6 Å². The van der Waals surface area contributed by atoms with Crippen LogP contribution >= 0.6 is 15.8 Å². The molecule has 0 saturated heterocycles. The van der Waals surface area contributed by atoms with E-state index in [0.717, 1.165) is 0 Å². The maximum absolute atomic E-state index is 2.58. The smallest absolute Gasteiger partial charge is 0.00418 e. The summed E-state index contributed by atoms with van der Waals surface area (Å²) in [6.45, 7) is 7.36. The van der Waals surface area contributed by atoms with Crippen LogP contribution in [0.3, 0.4) is 0 Å². The average Bonchev–Trinajstić information content (AvgIpc) is 3.24. The summed E-state index contributed by atoms with van der Waals surface area (Å²) in [7, 11) is -0.208. The molecule has 0 radical (unpaired) electrons. The largest absolute Gasteiger partial charge is 0.107 e. The molecule has 0 saturated carbocycles. The average molecular weight is 409 g/mol. The molecule has 0 fully saturated rings. The van der Waals surface area contributed by atoms with Gasteiger partial charge in [0.25, 0.3) is 0 Å². The summed E-state index contributed by atoms with van der Waals surface area (Å²) in [4.78, 5) is 0. The van der Waals surface area contributed by atoms with Gasteiger partial charge in [-0.25, -0.2) is 0 Å². The normalized spacial score (nSPS) is 16.2. The van der Waals surface area contributed by atoms with E-state index < -0.39 is 0 Å². The molecule has 1 unspecified atom stereocenters. The Bertz CT molecular complexity index is 710. The lowest BCUT2D eigenvalue weighted by molar-refractivity contribution is 0.365. The van der Waals surface area contributed by atoms with Crippen molar-refractivity contribution >= 4 is 26.5 Å². The molecule has 28 heavy (non-hydrogen) atoms. The third-order valence-corrected chi connectivity index (χ3v) is 11.7. The van der Waals surface area contributed by atoms with Crippen molar-refractivity contribution in [3.05, 3.63) is 85.0 Å². The first-order valence-corrected chi connectivity index (χ1v) is 14.0. The van der Waals surface area contributed by atoms with Crippen LogP contribution in [0.25, 0.3) is 0 Å². The summed E-state index contributed by atoms with van der Waals surface area (Å²) in [5.74, 6) is 0.610. The second-order valence-electron chi connectivity index (χ2n) is 8.17. The maximum atomic E-state index is 2.58. The van der Waals surface area contributed by atoms with Crippen LogP contribution in [-0.4, -0.2) is 24.6 Å². The van der Waals surface area contributed by atoms with Crippen LogP contribution in [0.1, 0.15) is 27.2 Å². The molecule has 0 nitrogen and oxygen atoms in total. The second-order valence-corrected chi connectivity index (χ2v) is 13.3. The first kappa shape index (κ1) is 21.5. The zero-order valence-corrected chi connectivity index (χ0v) is 19.4. The first-order chi connectivity index (χ1) is 13.6. The molecule has 148 valence electrons. The number of hydrogen-bond donors (Lipinski definition) is 0. The van der Waals surface area contributed by atoms with Gasteiger partial charge in [0, 0.05) is 0 Å². The van der Waals surface area contributed by atoms with E-state index in [2.05, 4.69) is 106 Å². The van der Waals surface area contributed by atoms with Crippen molar-refractivity contribution in [3.8, 4) is 0 Å². The number of benzene rings is 2. The van der Waals surface area contributed by atoms with Gasteiger partial charge >= 0.3 is 0 Å². The Morgan fingerprint density at radius 3 is 1.71 bits per heavy atom. The van der Waals surface area contributed by atoms with E-state index in [9.17, 15) is 0 Å². The lowest BCUT2D eigenvalue weighted by Crippen LogP contribution is -2.31. The van der Waals surface area contributed by atoms with Gasteiger partial charge < -0.3 is 0 Å². The van der Waals surface area contributed by atoms with Gasteiger partial charge in [0.2, 0.25) is 0 Å². The third-order valence-electron chi connectivity index (χ3n) is 5.73. The molecule has 1 aliphatic rings. The predicted molar refractivity (Wildman–Crippen MR) is 131 cm³/mol. The summed E-state index contributed by atoms with van der Waals surface area (Å²) in [5.41, 5.74) is 0.374. The predicted octanol–water partition coefficient (Wildman–Crippen LogP) is 6.78. The van der Waals surface area contributed by atoms with E-state index >= 15 is 0 Å². The van der Waals surface area contributed by atoms with Crippen molar-refractivity contribution in [2.24, 2.45) is 11.3 Å². The zero-order valence-electron chi connectivity index (χ0n) is 17.6. The minimum absolute atomic E-state index is 0.129. The van der Waals surface area contributed by atoms with E-state index in [1.165, 1.54) is 41.7 Å². The molecule has 0 aliphatic heterocycles. The van der Waals surface area contributed by atoms with E-state index in [1.54, 1.807) is 0 Å². The van der Waals surface area contributed by atoms with Crippen LogP contribution in [0, 0.1) is 11.3 Å². The molecule has 0 spiro atoms. The Hall–Kier alpha value is -1.22. The number of rotatable bonds is 10. The molecular formula is C26H34P2. The highest BCUT2D eigenvalue weighted by Gasteiger charge is 2.33. The van der Waals surface area contributed by atoms with Gasteiger partial charge in [-0.2, -0.15) is 0 Å². The molecule has 2 aromatic carbocycles. The van der Waals surface area contributed by atoms with E-state index in [-0.39, 0.29) is 15.8 Å². The molecule has 0 N–H and O–H groups in total. The van der Waals surface area contributed by atoms with Gasteiger partial charge in [0.15, 0.2) is 0 Å². The summed E-state index contributed by atoms with van der Waals surface area (Å²) in [5, 5.41) is 3.04. The van der Waals surface area contributed by atoms with Crippen molar-refractivity contribution in [2.75, 3.05) is 24.6 Å². The molecular weight excluding hydrogens is 374 g/mol. The van der Waals surface area contributed by atoms with Crippen molar-refractivity contribution in [1.29, 1.82) is 0 Å². The summed E-state index contributed by atoms with van der Waals surface area (Å²) in [6, 6.07) is 22.5. The molecule has 3 rings (SSSR count). The minimum atomic E-state index is -0.337. The molecule has 0 bridgehead atoms. The Kier molecular flexibility index (Phi) is 8.08. The van der Waals surface area contributed by atoms with Crippen LogP contribution in [0.2, 0.25) is 0 Å². The minimum Gasteiger partial charge on any atom is -0.107 e. The first-order valence-electron chi connectivity index (χ1n) is 10.6. The van der Waals surface area contributed by atoms with Crippen molar-refractivity contribution in [1.82, 2.24) is 0 Å². The van der Waals surface area contributed by atoms with E-state index in [0.29, 0.717) is 11.3 Å². The monoisotopic (exact) mass is 408 g/mol. The number of allylic oxidation sites excluding steroid dienone is 4. The van der Waals surface area contributed by atoms with Gasteiger partial charge in [-0.05, 0) is 60.9 Å². The fourth-order valence-corrected chi connectivity index (χ4v) is 9.40. The summed E-state index contributed by atoms with van der Waals surface area (Å²) >= 11 is 0. The quantitative estimate of drug-likeness (QED) is 0.380. The van der Waals surface area contributed by atoms with Crippen LogP contribution in [0.15, 0.2) is 85.0 Å². The van der Waals surface area contributed by atoms with E-state index in [4.69, 9.17) is 0 Å². The fraction of sp³-hybridized carbons (Fsp3) is 0.385. The highest BCUT2D eigenvalue weighted by atomic mass is 31.1. The van der Waals surface area contributed by atoms with Crippen molar-refractivity contribution in [3.63, 3.8) is 0 Å². The highest BCUT2D eigenvalue weighted by molar-refractivity contribution is 7.73. The molecule has 0 heterocycles. The standard InChI is InChI=1S/C26H34P2/c1-4-27(5-2)21-26(3,20-23-14-12-13-15-23)22-28(24-16-8-6-9-17-24)25-18-10-7-11-19-25/h6-19,23H,4-5,20-22H2,1-3H3. The SMILES string of the molecule is CCP(CC)CC(C)(CC1C=CC=C1)CP(c1ccccc1)c1ccccc1. The third kappa shape index (κ3) is 5.89. The molecule has 2 aromatic rings. The van der Waals surface area contributed by atoms with Crippen LogP contribution in [0.5, 0.6) is 0 Å². The lowest BCUT2D eigenvalue weighted by atomic mass is 9.85. The summed E-state index contributed by atoms with van der Waals surface area (Å²) in [6.07, 6.45) is 15.9. The molecule has 0 aromatic heterocycles. The maximum Gasteiger partial charge on any atom is -0.00418 e. The Balaban J connectivity index is 1.92. The van der Waals surface area contributed by atoms with Crippen molar-refractivity contribution < 1.29 is 0 Å². The molecule has 1 aliphatic carbocycles. The molecule has 0 amide bonds. The Morgan fingerprint density at radius 2 is 1.25 bits per heavy atom. The van der Waals surface area contributed by atoms with Gasteiger partial charge in [-0.15, -0.1) is 7.92 Å². The van der Waals surface area contributed by atoms with Gasteiger partial charge in [-0.3, -0.25) is 0 Å². The lowest BCUT2D eigenvalue weighted by Gasteiger charge is -2.38. The van der Waals surface area contributed by atoms with Crippen molar-refractivity contribution in [2.45, 2.75) is 27.2 Å². The summed E-state index contributed by atoms with van der Waals surface area (Å²) < 4.78 is 0. The Labute approximate surface area is 174 Å². The van der Waals surface area contributed by atoms with Crippen LogP contribution in [-0.2, 0) is 0 Å². The van der Waals surface area contributed by atoms with E-state index in [1.807, 2.05) is 0 Å². The number of hydrogen-bond acceptors (Lipinski definition) is 0. The second kappa shape index (κ2) is 10.5. The highest BCUT2D eigenvalue weighted by Crippen LogP contribution is 2.50. The zero-order chi connectivity index (χ0) is 19.8.